The van der Waals surface area contributed by atoms with E-state index in [1.165, 1.54) is 5.56 Å². The second-order valence-corrected chi connectivity index (χ2v) is 7.24. The zero-order chi connectivity index (χ0) is 18.8. The normalized spacial score (nSPS) is 17.0. The van der Waals surface area contributed by atoms with E-state index in [-0.39, 0.29) is 11.9 Å². The fourth-order valence-electron chi connectivity index (χ4n) is 3.96. The third kappa shape index (κ3) is 3.34. The monoisotopic (exact) mass is 362 g/mol. The summed E-state index contributed by atoms with van der Waals surface area (Å²) in [4.78, 5) is 24.3. The first-order chi connectivity index (χ1) is 13.2. The van der Waals surface area contributed by atoms with Crippen molar-refractivity contribution in [3.8, 4) is 0 Å². The number of pyridine rings is 1. The van der Waals surface area contributed by atoms with E-state index in [1.54, 1.807) is 0 Å². The third-order valence-electron chi connectivity index (χ3n) is 5.42. The number of hydrogen-bond acceptors (Lipinski definition) is 3. The van der Waals surface area contributed by atoms with E-state index < -0.39 is 0 Å². The van der Waals surface area contributed by atoms with Gasteiger partial charge in [-0.25, -0.2) is 9.97 Å². The summed E-state index contributed by atoms with van der Waals surface area (Å²) in [5.41, 5.74) is 3.91. The molecule has 1 atom stereocenters. The van der Waals surface area contributed by atoms with E-state index in [4.69, 9.17) is 4.98 Å². The number of imidazole rings is 1. The molecule has 0 bridgehead atoms. The van der Waals surface area contributed by atoms with Crippen LogP contribution in [0.4, 0.5) is 0 Å². The van der Waals surface area contributed by atoms with Gasteiger partial charge in [0, 0.05) is 31.3 Å². The lowest BCUT2D eigenvalue weighted by atomic mass is 10.1. The van der Waals surface area contributed by atoms with Gasteiger partial charge in [-0.2, -0.15) is 0 Å². The largest absolute Gasteiger partial charge is 0.336 e. The Kier molecular flexibility index (Phi) is 4.92. The molecule has 0 saturated carbocycles. The fourth-order valence-corrected chi connectivity index (χ4v) is 3.96. The van der Waals surface area contributed by atoms with E-state index in [1.807, 2.05) is 47.5 Å². The molecule has 1 amide bonds. The molecular weight excluding hydrogens is 336 g/mol. The predicted molar refractivity (Wildman–Crippen MR) is 107 cm³/mol. The van der Waals surface area contributed by atoms with Crippen molar-refractivity contribution in [1.82, 2.24) is 19.4 Å². The van der Waals surface area contributed by atoms with Crippen LogP contribution in [-0.4, -0.2) is 38.4 Å². The molecule has 0 N–H and O–H groups in total. The molecule has 27 heavy (non-hydrogen) atoms. The van der Waals surface area contributed by atoms with Crippen LogP contribution >= 0.6 is 0 Å². The molecule has 0 unspecified atom stereocenters. The van der Waals surface area contributed by atoms with Gasteiger partial charge in [-0.3, -0.25) is 4.79 Å². The Morgan fingerprint density at radius 2 is 2.00 bits per heavy atom. The second kappa shape index (κ2) is 7.51. The summed E-state index contributed by atoms with van der Waals surface area (Å²) < 4.78 is 2.27. The minimum atomic E-state index is 0.120. The quantitative estimate of drug-likeness (QED) is 0.688. The number of carbonyl (C=O) groups excluding carboxylic acids is 1. The lowest BCUT2D eigenvalue weighted by Crippen LogP contribution is -2.29. The van der Waals surface area contributed by atoms with Gasteiger partial charge in [0.1, 0.15) is 11.3 Å². The predicted octanol–water partition coefficient (Wildman–Crippen LogP) is 4.03. The number of fused-ring (bicyclic) bond motifs is 1. The van der Waals surface area contributed by atoms with Crippen LogP contribution in [0.3, 0.4) is 0 Å². The number of benzene rings is 1. The Morgan fingerprint density at radius 1 is 1.19 bits per heavy atom. The van der Waals surface area contributed by atoms with Crippen molar-refractivity contribution < 1.29 is 4.79 Å². The van der Waals surface area contributed by atoms with Gasteiger partial charge >= 0.3 is 0 Å². The molecule has 1 aromatic carbocycles. The molecular formula is C22H26N4O. The maximum absolute atomic E-state index is 12.9. The summed E-state index contributed by atoms with van der Waals surface area (Å²) in [7, 11) is 0. The number of likely N-dealkylation sites (tertiary alicyclic amines) is 1. The second-order valence-electron chi connectivity index (χ2n) is 7.24. The topological polar surface area (TPSA) is 51.0 Å². The van der Waals surface area contributed by atoms with Gasteiger partial charge in [0.25, 0.3) is 5.91 Å². The fraction of sp³-hybridized carbons (Fsp3) is 0.409. The van der Waals surface area contributed by atoms with Gasteiger partial charge in [-0.15, -0.1) is 0 Å². The number of carbonyl (C=O) groups is 1. The molecule has 3 aromatic rings. The van der Waals surface area contributed by atoms with Crippen molar-refractivity contribution in [2.75, 3.05) is 13.1 Å². The SMILES string of the molecule is CCCc1nc2cccnc2n1[C@H]1CCN(C(=O)c2ccc(CC)cc2)C1. The van der Waals surface area contributed by atoms with E-state index in [0.717, 1.165) is 54.8 Å². The highest BCUT2D eigenvalue weighted by Crippen LogP contribution is 2.28. The van der Waals surface area contributed by atoms with E-state index >= 15 is 0 Å². The number of rotatable bonds is 5. The van der Waals surface area contributed by atoms with Crippen LogP contribution in [0.15, 0.2) is 42.6 Å². The van der Waals surface area contributed by atoms with E-state index in [2.05, 4.69) is 23.4 Å². The van der Waals surface area contributed by atoms with Crippen LogP contribution in [0, 0.1) is 0 Å². The molecule has 0 radical (unpaired) electrons. The summed E-state index contributed by atoms with van der Waals surface area (Å²) in [6.45, 7) is 5.78. The average molecular weight is 362 g/mol. The average Bonchev–Trinajstić information content (AvgIpc) is 3.32. The first-order valence-electron chi connectivity index (χ1n) is 9.91. The van der Waals surface area contributed by atoms with Crippen LogP contribution in [-0.2, 0) is 12.8 Å². The van der Waals surface area contributed by atoms with Gasteiger partial charge in [-0.1, -0.05) is 26.0 Å². The third-order valence-corrected chi connectivity index (χ3v) is 5.42. The molecule has 140 valence electrons. The summed E-state index contributed by atoms with van der Waals surface area (Å²) in [5, 5.41) is 0. The van der Waals surface area contributed by atoms with Crippen molar-refractivity contribution in [2.24, 2.45) is 0 Å². The van der Waals surface area contributed by atoms with Crippen LogP contribution in [0.1, 0.15) is 54.5 Å². The molecule has 2 aromatic heterocycles. The van der Waals surface area contributed by atoms with Crippen molar-refractivity contribution in [3.63, 3.8) is 0 Å². The maximum Gasteiger partial charge on any atom is 0.253 e. The molecule has 5 nitrogen and oxygen atoms in total. The van der Waals surface area contributed by atoms with Crippen molar-refractivity contribution in [2.45, 2.75) is 45.6 Å². The van der Waals surface area contributed by atoms with Crippen LogP contribution < -0.4 is 0 Å². The van der Waals surface area contributed by atoms with E-state index in [0.29, 0.717) is 6.54 Å². The van der Waals surface area contributed by atoms with Gasteiger partial charge in [0.2, 0.25) is 0 Å². The van der Waals surface area contributed by atoms with Crippen LogP contribution in [0.2, 0.25) is 0 Å². The molecule has 4 rings (SSSR count). The minimum Gasteiger partial charge on any atom is -0.336 e. The first-order valence-corrected chi connectivity index (χ1v) is 9.91. The summed E-state index contributed by atoms with van der Waals surface area (Å²) in [6.07, 6.45) is 5.73. The number of amides is 1. The number of nitrogens with zero attached hydrogens (tertiary/aromatic N) is 4. The first kappa shape index (κ1) is 17.7. The zero-order valence-corrected chi connectivity index (χ0v) is 16.1. The Balaban J connectivity index is 1.58. The molecule has 3 heterocycles. The lowest BCUT2D eigenvalue weighted by Gasteiger charge is -2.19. The molecule has 1 aliphatic rings. The van der Waals surface area contributed by atoms with Gasteiger partial charge < -0.3 is 9.47 Å². The molecule has 0 spiro atoms. The number of aromatic nitrogens is 3. The highest BCUT2D eigenvalue weighted by atomic mass is 16.2. The summed E-state index contributed by atoms with van der Waals surface area (Å²) in [5.74, 6) is 1.20. The molecule has 1 saturated heterocycles. The van der Waals surface area contributed by atoms with Crippen LogP contribution in [0.25, 0.3) is 11.2 Å². The van der Waals surface area contributed by atoms with Gasteiger partial charge in [-0.05, 0) is 49.1 Å². The highest BCUT2D eigenvalue weighted by molar-refractivity contribution is 5.94. The summed E-state index contributed by atoms with van der Waals surface area (Å²) >= 11 is 0. The zero-order valence-electron chi connectivity index (χ0n) is 16.1. The lowest BCUT2D eigenvalue weighted by molar-refractivity contribution is 0.0787. The Morgan fingerprint density at radius 3 is 2.74 bits per heavy atom. The van der Waals surface area contributed by atoms with Crippen molar-refractivity contribution >= 4 is 17.1 Å². The molecule has 1 fully saturated rings. The van der Waals surface area contributed by atoms with Crippen LogP contribution in [0.5, 0.6) is 0 Å². The Labute approximate surface area is 160 Å². The minimum absolute atomic E-state index is 0.120. The molecule has 5 heteroatoms. The Hall–Kier alpha value is -2.69. The van der Waals surface area contributed by atoms with Gasteiger partial charge in [0.15, 0.2) is 5.65 Å². The van der Waals surface area contributed by atoms with E-state index in [9.17, 15) is 4.79 Å². The number of hydrogen-bond donors (Lipinski definition) is 0. The molecule has 0 aliphatic carbocycles. The number of aryl methyl sites for hydroxylation is 2. The van der Waals surface area contributed by atoms with Crippen molar-refractivity contribution in [1.29, 1.82) is 0 Å². The van der Waals surface area contributed by atoms with Gasteiger partial charge in [0.05, 0.1) is 6.04 Å². The Bertz CT molecular complexity index is 945. The maximum atomic E-state index is 12.9. The summed E-state index contributed by atoms with van der Waals surface area (Å²) in [6, 6.07) is 12.2. The molecule has 1 aliphatic heterocycles. The highest BCUT2D eigenvalue weighted by Gasteiger charge is 2.30. The smallest absolute Gasteiger partial charge is 0.253 e. The standard InChI is InChI=1S/C22H26N4O/c1-3-6-20-24-19-7-5-13-23-21(19)26(20)18-12-14-25(15-18)22(27)17-10-8-16(4-2)9-11-17/h5,7-11,13,18H,3-4,6,12,14-15H2,1-2H3/t18-/m0/s1. The van der Waals surface area contributed by atoms with Crippen molar-refractivity contribution in [3.05, 3.63) is 59.5 Å².